The monoisotopic (exact) mass is 127 g/mol. The van der Waals surface area contributed by atoms with E-state index >= 15 is 0 Å². The molecule has 2 rings (SSSR count). The van der Waals surface area contributed by atoms with E-state index in [0.29, 0.717) is 5.65 Å². The Morgan fingerprint density at radius 2 is 2.62 bits per heavy atom. The minimum absolute atomic E-state index is 0.593. The van der Waals surface area contributed by atoms with Crippen LogP contribution in [0.2, 0.25) is 0 Å². The molecule has 2 aromatic rings. The molecule has 2 aromatic heterocycles. The maximum Gasteiger partial charge on any atom is 0.236 e. The first kappa shape index (κ1) is 3.96. The highest BCUT2D eigenvalue weighted by molar-refractivity contribution is 7.12. The lowest BCUT2D eigenvalue weighted by Gasteiger charge is -1.56. The zero-order chi connectivity index (χ0) is 5.40. The number of hydrogen-bond donors (Lipinski definition) is 0. The molecular formula is C3HN3OS. The number of hydrogen-bond acceptors (Lipinski definition) is 5. The summed E-state index contributed by atoms with van der Waals surface area (Å²) in [6.45, 7) is 0. The molecule has 0 unspecified atom stereocenters. The largest absolute Gasteiger partial charge is 0.361 e. The summed E-state index contributed by atoms with van der Waals surface area (Å²) in [5.41, 5.74) is 0.593. The molecule has 0 aliphatic heterocycles. The Hall–Kier alpha value is -0.970. The number of nitrogens with zero attached hydrogens (tertiary/aromatic N) is 3. The molecule has 0 atom stereocenters. The van der Waals surface area contributed by atoms with E-state index in [1.54, 1.807) is 0 Å². The summed E-state index contributed by atoms with van der Waals surface area (Å²) in [7, 11) is 0. The summed E-state index contributed by atoms with van der Waals surface area (Å²) in [5, 5.41) is 7.18. The van der Waals surface area contributed by atoms with Crippen LogP contribution in [0.4, 0.5) is 0 Å². The van der Waals surface area contributed by atoms with Gasteiger partial charge in [0.1, 0.15) is 11.0 Å². The van der Waals surface area contributed by atoms with Crippen molar-refractivity contribution in [2.75, 3.05) is 0 Å². The van der Waals surface area contributed by atoms with Crippen LogP contribution in [0.15, 0.2) is 10.8 Å². The first-order valence-corrected chi connectivity index (χ1v) is 2.76. The molecule has 0 aromatic carbocycles. The second-order valence-electron chi connectivity index (χ2n) is 1.28. The van der Waals surface area contributed by atoms with Gasteiger partial charge in [-0.25, -0.2) is 0 Å². The van der Waals surface area contributed by atoms with Crippen LogP contribution in [0.3, 0.4) is 0 Å². The van der Waals surface area contributed by atoms with Gasteiger partial charge in [0.2, 0.25) is 5.65 Å². The third-order valence-corrected chi connectivity index (χ3v) is 1.43. The average Bonchev–Trinajstić information content (AvgIpc) is 2.15. The minimum atomic E-state index is 0.593. The molecule has 4 nitrogen and oxygen atoms in total. The molecule has 0 spiro atoms. The molecular weight excluding hydrogens is 126 g/mol. The van der Waals surface area contributed by atoms with E-state index in [-0.39, 0.29) is 0 Å². The van der Waals surface area contributed by atoms with Crippen molar-refractivity contribution in [1.29, 1.82) is 0 Å². The molecule has 0 saturated carbocycles. The fourth-order valence-electron chi connectivity index (χ4n) is 0.455. The summed E-state index contributed by atoms with van der Waals surface area (Å²) in [6, 6.07) is 0. The van der Waals surface area contributed by atoms with Crippen molar-refractivity contribution >= 4 is 21.9 Å². The molecule has 0 radical (unpaired) electrons. The van der Waals surface area contributed by atoms with Crippen molar-refractivity contribution in [1.82, 2.24) is 14.7 Å². The summed E-state index contributed by atoms with van der Waals surface area (Å²) in [6.07, 6.45) is 1.53. The average molecular weight is 127 g/mol. The Labute approximate surface area is 48.3 Å². The number of rotatable bonds is 0. The molecule has 0 saturated heterocycles. The van der Waals surface area contributed by atoms with E-state index in [1.165, 1.54) is 17.8 Å². The highest BCUT2D eigenvalue weighted by Crippen LogP contribution is 2.10. The zero-order valence-electron chi connectivity index (χ0n) is 3.74. The fraction of sp³-hybridized carbons (Fsp3) is 0. The normalized spacial score (nSPS) is 10.5. The number of aromatic nitrogens is 3. The molecule has 0 N–H and O–H groups in total. The van der Waals surface area contributed by atoms with Gasteiger partial charge >= 0.3 is 0 Å². The lowest BCUT2D eigenvalue weighted by atomic mass is 10.7. The first-order valence-electron chi connectivity index (χ1n) is 1.99. The van der Waals surface area contributed by atoms with Crippen molar-refractivity contribution in [3.63, 3.8) is 0 Å². The van der Waals surface area contributed by atoms with Crippen LogP contribution < -0.4 is 0 Å². The lowest BCUT2D eigenvalue weighted by Crippen LogP contribution is -1.63. The third kappa shape index (κ3) is 0.362. The number of fused-ring (bicyclic) bond motifs is 1. The minimum Gasteiger partial charge on any atom is -0.361 e. The van der Waals surface area contributed by atoms with Gasteiger partial charge in [-0.2, -0.15) is 0 Å². The third-order valence-electron chi connectivity index (χ3n) is 0.794. The van der Waals surface area contributed by atoms with Crippen LogP contribution >= 0.6 is 11.5 Å². The van der Waals surface area contributed by atoms with Gasteiger partial charge in [-0.3, -0.25) is 0 Å². The molecule has 5 heteroatoms. The van der Waals surface area contributed by atoms with Gasteiger partial charge in [-0.15, -0.1) is 5.10 Å². The van der Waals surface area contributed by atoms with Gasteiger partial charge in [-0.05, 0) is 11.5 Å². The Morgan fingerprint density at radius 3 is 3.50 bits per heavy atom. The van der Waals surface area contributed by atoms with Gasteiger partial charge < -0.3 is 4.52 Å². The maximum absolute atomic E-state index is 4.56. The van der Waals surface area contributed by atoms with Crippen LogP contribution in [-0.2, 0) is 0 Å². The van der Waals surface area contributed by atoms with Gasteiger partial charge in [0.15, 0.2) is 0 Å². The summed E-state index contributed by atoms with van der Waals surface area (Å²) in [4.78, 5) is 0. The van der Waals surface area contributed by atoms with E-state index < -0.39 is 0 Å². The molecule has 0 aliphatic carbocycles. The SMILES string of the molecule is c1onc2nnsc12. The Bertz CT molecular complexity index is 236. The molecule has 2 heterocycles. The van der Waals surface area contributed by atoms with Crippen LogP contribution in [0, 0.1) is 0 Å². The van der Waals surface area contributed by atoms with Crippen molar-refractivity contribution in [3.8, 4) is 0 Å². The van der Waals surface area contributed by atoms with Crippen LogP contribution in [0.5, 0.6) is 0 Å². The van der Waals surface area contributed by atoms with Crippen LogP contribution in [-0.4, -0.2) is 14.7 Å². The second kappa shape index (κ2) is 1.25. The highest BCUT2D eigenvalue weighted by Gasteiger charge is 1.98. The maximum atomic E-state index is 4.56. The van der Waals surface area contributed by atoms with Crippen LogP contribution in [0.25, 0.3) is 10.3 Å². The summed E-state index contributed by atoms with van der Waals surface area (Å²) in [5.74, 6) is 0. The standard InChI is InChI=1S/C3HN3OS/c1-2-3(5-7-1)4-6-8-2/h1H. The van der Waals surface area contributed by atoms with Crippen molar-refractivity contribution < 1.29 is 4.52 Å². The van der Waals surface area contributed by atoms with Gasteiger partial charge in [0, 0.05) is 0 Å². The molecule has 40 valence electrons. The van der Waals surface area contributed by atoms with Crippen molar-refractivity contribution in [2.24, 2.45) is 0 Å². The van der Waals surface area contributed by atoms with Crippen molar-refractivity contribution in [3.05, 3.63) is 6.26 Å². The van der Waals surface area contributed by atoms with Gasteiger partial charge in [0.05, 0.1) is 0 Å². The topological polar surface area (TPSA) is 51.8 Å². The second-order valence-corrected chi connectivity index (χ2v) is 2.06. The smallest absolute Gasteiger partial charge is 0.236 e. The van der Waals surface area contributed by atoms with Gasteiger partial charge in [-0.1, -0.05) is 9.64 Å². The Kier molecular flexibility index (Phi) is 0.621. The Morgan fingerprint density at radius 1 is 1.62 bits per heavy atom. The van der Waals surface area contributed by atoms with E-state index in [0.717, 1.165) is 4.70 Å². The lowest BCUT2D eigenvalue weighted by molar-refractivity contribution is 0.426. The van der Waals surface area contributed by atoms with Gasteiger partial charge in [0.25, 0.3) is 0 Å². The van der Waals surface area contributed by atoms with E-state index in [4.69, 9.17) is 0 Å². The fourth-order valence-corrected chi connectivity index (χ4v) is 0.907. The summed E-state index contributed by atoms with van der Waals surface area (Å²) < 4.78 is 9.09. The Balaban J connectivity index is 3.06. The quantitative estimate of drug-likeness (QED) is 0.522. The first-order chi connectivity index (χ1) is 3.97. The predicted octanol–water partition coefficient (Wildman–Crippen LogP) is 0.679. The zero-order valence-corrected chi connectivity index (χ0v) is 4.55. The summed E-state index contributed by atoms with van der Waals surface area (Å²) >= 11 is 1.28. The molecule has 0 bridgehead atoms. The van der Waals surface area contributed by atoms with Crippen LogP contribution in [0.1, 0.15) is 0 Å². The highest BCUT2D eigenvalue weighted by atomic mass is 32.1. The van der Waals surface area contributed by atoms with E-state index in [9.17, 15) is 0 Å². The molecule has 0 amide bonds. The van der Waals surface area contributed by atoms with E-state index in [2.05, 4.69) is 19.3 Å². The molecule has 8 heavy (non-hydrogen) atoms. The van der Waals surface area contributed by atoms with E-state index in [1.807, 2.05) is 0 Å². The predicted molar refractivity (Wildman–Crippen MR) is 27.5 cm³/mol. The van der Waals surface area contributed by atoms with Crippen molar-refractivity contribution in [2.45, 2.75) is 0 Å². The molecule has 0 fully saturated rings. The molecule has 0 aliphatic rings.